The van der Waals surface area contributed by atoms with E-state index in [0.717, 1.165) is 0 Å². The number of benzene rings is 2. The molecule has 0 heterocycles. The molecule has 100 valence electrons. The highest BCUT2D eigenvalue weighted by Crippen LogP contribution is 2.33. The summed E-state index contributed by atoms with van der Waals surface area (Å²) in [6, 6.07) is 7.77. The smallest absolute Gasteiger partial charge is 0.144 e. The number of anilines is 1. The van der Waals surface area contributed by atoms with E-state index in [4.69, 9.17) is 33.7 Å². The lowest BCUT2D eigenvalue weighted by Gasteiger charge is -2.11. The fraction of sp³-hybridized carbons (Fsp3) is 0.0769. The van der Waals surface area contributed by atoms with Crippen LogP contribution in [0.2, 0.25) is 10.0 Å². The van der Waals surface area contributed by atoms with E-state index in [0.29, 0.717) is 31.5 Å². The summed E-state index contributed by atoms with van der Waals surface area (Å²) in [6.07, 6.45) is 0. The Bertz CT molecular complexity index is 622. The van der Waals surface area contributed by atoms with Crippen LogP contribution in [0.25, 0.3) is 0 Å². The molecule has 2 aromatic carbocycles. The summed E-state index contributed by atoms with van der Waals surface area (Å²) in [5.41, 5.74) is 6.82. The van der Waals surface area contributed by atoms with E-state index in [-0.39, 0.29) is 12.4 Å². The quantitative estimate of drug-likeness (QED) is 0.773. The maximum atomic E-state index is 13.3. The number of nitrogens with two attached hydrogens (primary N) is 1. The van der Waals surface area contributed by atoms with Gasteiger partial charge in [0.05, 0.1) is 20.2 Å². The van der Waals surface area contributed by atoms with E-state index in [2.05, 4.69) is 15.9 Å². The Hall–Kier alpha value is -0.970. The first-order valence-corrected chi connectivity index (χ1v) is 6.84. The number of halogens is 4. The molecule has 0 aromatic heterocycles. The van der Waals surface area contributed by atoms with Gasteiger partial charge in [-0.2, -0.15) is 0 Å². The van der Waals surface area contributed by atoms with E-state index < -0.39 is 0 Å². The molecule has 0 aliphatic rings. The number of nitrogen functional groups attached to an aromatic ring is 1. The average Bonchev–Trinajstić information content (AvgIpc) is 2.37. The third-order valence-corrected chi connectivity index (χ3v) is 4.08. The standard InChI is InChI=1S/C13H9BrCl2FNO/c14-13-7(2-1-3-10(13)17)6-19-12-5-9(16)8(15)4-11(12)18/h1-5H,6,18H2. The first-order chi connectivity index (χ1) is 8.99. The molecule has 2 nitrogen and oxygen atoms in total. The van der Waals surface area contributed by atoms with Crippen molar-refractivity contribution in [1.29, 1.82) is 0 Å². The van der Waals surface area contributed by atoms with Gasteiger partial charge >= 0.3 is 0 Å². The van der Waals surface area contributed by atoms with E-state index in [1.807, 2.05) is 0 Å². The van der Waals surface area contributed by atoms with Crippen LogP contribution < -0.4 is 10.5 Å². The Morgan fingerprint density at radius 2 is 1.89 bits per heavy atom. The Balaban J connectivity index is 2.19. The molecule has 0 atom stereocenters. The third kappa shape index (κ3) is 3.32. The highest BCUT2D eigenvalue weighted by Gasteiger charge is 2.09. The minimum atomic E-state index is -0.344. The van der Waals surface area contributed by atoms with Crippen LogP contribution in [-0.4, -0.2) is 0 Å². The van der Waals surface area contributed by atoms with Gasteiger partial charge in [-0.05, 0) is 28.1 Å². The van der Waals surface area contributed by atoms with Gasteiger partial charge < -0.3 is 10.5 Å². The molecule has 0 saturated carbocycles. The van der Waals surface area contributed by atoms with Gasteiger partial charge in [0.15, 0.2) is 0 Å². The van der Waals surface area contributed by atoms with Gasteiger partial charge in [-0.25, -0.2) is 4.39 Å². The largest absolute Gasteiger partial charge is 0.487 e. The van der Waals surface area contributed by atoms with Crippen molar-refractivity contribution < 1.29 is 9.13 Å². The van der Waals surface area contributed by atoms with E-state index in [1.165, 1.54) is 18.2 Å². The molecule has 6 heteroatoms. The van der Waals surface area contributed by atoms with E-state index >= 15 is 0 Å². The predicted molar refractivity (Wildman–Crippen MR) is 79.3 cm³/mol. The maximum absolute atomic E-state index is 13.3. The molecule has 2 N–H and O–H groups in total. The molecule has 19 heavy (non-hydrogen) atoms. The molecule has 0 unspecified atom stereocenters. The Kier molecular flexibility index (Phi) is 4.55. The van der Waals surface area contributed by atoms with Crippen molar-refractivity contribution in [3.63, 3.8) is 0 Å². The lowest BCUT2D eigenvalue weighted by molar-refractivity contribution is 0.306. The molecule has 2 aromatic rings. The topological polar surface area (TPSA) is 35.2 Å². The van der Waals surface area contributed by atoms with Gasteiger partial charge in [0.25, 0.3) is 0 Å². The van der Waals surface area contributed by atoms with Crippen LogP contribution >= 0.6 is 39.1 Å². The second kappa shape index (κ2) is 5.99. The van der Waals surface area contributed by atoms with Crippen LogP contribution in [-0.2, 0) is 6.61 Å². The van der Waals surface area contributed by atoms with Crippen molar-refractivity contribution in [3.8, 4) is 5.75 Å². The van der Waals surface area contributed by atoms with Gasteiger partial charge in [0, 0.05) is 11.6 Å². The fourth-order valence-corrected chi connectivity index (χ4v) is 2.19. The molecule has 0 amide bonds. The lowest BCUT2D eigenvalue weighted by atomic mass is 10.2. The molecule has 0 saturated heterocycles. The maximum Gasteiger partial charge on any atom is 0.144 e. The summed E-state index contributed by atoms with van der Waals surface area (Å²) < 4.78 is 19.2. The zero-order valence-corrected chi connectivity index (χ0v) is 12.7. The molecule has 0 radical (unpaired) electrons. The van der Waals surface area contributed by atoms with Crippen molar-refractivity contribution >= 4 is 44.8 Å². The van der Waals surface area contributed by atoms with Crippen molar-refractivity contribution in [2.24, 2.45) is 0 Å². The van der Waals surface area contributed by atoms with Crippen LogP contribution in [0.5, 0.6) is 5.75 Å². The molecule has 0 fully saturated rings. The number of hydrogen-bond acceptors (Lipinski definition) is 2. The normalized spacial score (nSPS) is 10.5. The van der Waals surface area contributed by atoms with E-state index in [9.17, 15) is 4.39 Å². The monoisotopic (exact) mass is 363 g/mol. The summed E-state index contributed by atoms with van der Waals surface area (Å²) in [7, 11) is 0. The Labute approximate surface area is 128 Å². The van der Waals surface area contributed by atoms with Crippen molar-refractivity contribution in [2.75, 3.05) is 5.73 Å². The minimum absolute atomic E-state index is 0.167. The summed E-state index contributed by atoms with van der Waals surface area (Å²) in [6.45, 7) is 0.167. The van der Waals surface area contributed by atoms with Crippen LogP contribution in [0, 0.1) is 5.82 Å². The zero-order valence-electron chi connectivity index (χ0n) is 9.59. The molecule has 0 spiro atoms. The van der Waals surface area contributed by atoms with Gasteiger partial charge in [-0.3, -0.25) is 0 Å². The highest BCUT2D eigenvalue weighted by atomic mass is 79.9. The zero-order chi connectivity index (χ0) is 14.0. The predicted octanol–water partition coefficient (Wildman–Crippen LogP) is 5.06. The molecular formula is C13H9BrCl2FNO. The van der Waals surface area contributed by atoms with Gasteiger partial charge in [-0.1, -0.05) is 35.3 Å². The second-order valence-electron chi connectivity index (χ2n) is 3.81. The van der Waals surface area contributed by atoms with Crippen LogP contribution in [0.4, 0.5) is 10.1 Å². The van der Waals surface area contributed by atoms with E-state index in [1.54, 1.807) is 12.1 Å². The number of hydrogen-bond donors (Lipinski definition) is 1. The molecule has 2 rings (SSSR count). The van der Waals surface area contributed by atoms with Gasteiger partial charge in [0.1, 0.15) is 18.2 Å². The van der Waals surface area contributed by atoms with Gasteiger partial charge in [-0.15, -0.1) is 0 Å². The molecular weight excluding hydrogens is 356 g/mol. The summed E-state index contributed by atoms with van der Waals surface area (Å²) in [5.74, 6) is 0.0637. The third-order valence-electron chi connectivity index (χ3n) is 2.47. The average molecular weight is 365 g/mol. The highest BCUT2D eigenvalue weighted by molar-refractivity contribution is 9.10. The molecule has 0 bridgehead atoms. The second-order valence-corrected chi connectivity index (χ2v) is 5.41. The van der Waals surface area contributed by atoms with Crippen molar-refractivity contribution in [2.45, 2.75) is 6.61 Å². The Morgan fingerprint density at radius 1 is 1.21 bits per heavy atom. The lowest BCUT2D eigenvalue weighted by Crippen LogP contribution is -2.00. The Morgan fingerprint density at radius 3 is 2.63 bits per heavy atom. The SMILES string of the molecule is Nc1cc(Cl)c(Cl)cc1OCc1cccc(F)c1Br. The van der Waals surface area contributed by atoms with Gasteiger partial charge in [0.2, 0.25) is 0 Å². The first kappa shape index (κ1) is 14.4. The number of rotatable bonds is 3. The fourth-order valence-electron chi connectivity index (χ4n) is 1.48. The van der Waals surface area contributed by atoms with Crippen LogP contribution in [0.3, 0.4) is 0 Å². The summed E-state index contributed by atoms with van der Waals surface area (Å²) in [5, 5.41) is 0.711. The molecule has 0 aliphatic heterocycles. The summed E-state index contributed by atoms with van der Waals surface area (Å²) >= 11 is 14.9. The number of ether oxygens (including phenoxy) is 1. The summed E-state index contributed by atoms with van der Waals surface area (Å²) in [4.78, 5) is 0. The van der Waals surface area contributed by atoms with Crippen molar-refractivity contribution in [1.82, 2.24) is 0 Å². The first-order valence-electron chi connectivity index (χ1n) is 5.29. The van der Waals surface area contributed by atoms with Crippen LogP contribution in [0.1, 0.15) is 5.56 Å². The van der Waals surface area contributed by atoms with Crippen molar-refractivity contribution in [3.05, 3.63) is 56.2 Å². The minimum Gasteiger partial charge on any atom is -0.487 e. The molecule has 0 aliphatic carbocycles. The van der Waals surface area contributed by atoms with Crippen LogP contribution in [0.15, 0.2) is 34.8 Å².